The van der Waals surface area contributed by atoms with Crippen molar-refractivity contribution in [2.24, 2.45) is 7.05 Å². The maximum absolute atomic E-state index is 14.8. The number of hydrogen-bond acceptors (Lipinski definition) is 12. The highest BCUT2D eigenvalue weighted by atomic mass is 16.6. The number of carbonyl (C=O) groups is 8. The highest BCUT2D eigenvalue weighted by Gasteiger charge is 2.40. The largest absolute Gasteiger partial charge is 0.467 e. The Balaban J connectivity index is 1.52. The van der Waals surface area contributed by atoms with Crippen molar-refractivity contribution in [1.29, 1.82) is 0 Å². The zero-order chi connectivity index (χ0) is 55.6. The van der Waals surface area contributed by atoms with E-state index in [1.165, 1.54) is 19.4 Å². The first-order valence-electron chi connectivity index (χ1n) is 24.9. The van der Waals surface area contributed by atoms with Gasteiger partial charge in [-0.2, -0.15) is 0 Å². The number of alkyl carbamates (subject to hydrolysis) is 1. The van der Waals surface area contributed by atoms with Crippen molar-refractivity contribution < 1.29 is 52.6 Å². The fourth-order valence-corrected chi connectivity index (χ4v) is 8.23. The summed E-state index contributed by atoms with van der Waals surface area (Å²) in [5.41, 5.74) is 0.0567. The van der Waals surface area contributed by atoms with Crippen LogP contribution in [0, 0.1) is 0 Å². The van der Waals surface area contributed by atoms with Gasteiger partial charge in [-0.3, -0.25) is 28.8 Å². The highest BCUT2D eigenvalue weighted by Crippen LogP contribution is 2.37. The van der Waals surface area contributed by atoms with Gasteiger partial charge in [0.1, 0.15) is 47.0 Å². The van der Waals surface area contributed by atoms with Crippen LogP contribution >= 0.6 is 0 Å². The summed E-state index contributed by atoms with van der Waals surface area (Å²) >= 11 is 0. The molecule has 76 heavy (non-hydrogen) atoms. The molecule has 1 heterocycles. The SMILES string of the molecule is COC(=O)[C@H](C)NC(=O)[C@H](CC(=O)NC(c1ccccc1)(c1ccccc1)c1ccccc1)NC(=O)[C@H](CCC(=O)OC(C)(C)C)NC(=O)[C@H](Cc1ccccc1)NC(=O)[C@H](Cc1cncn1C)NC(=O)OC(C)(C)C. The van der Waals surface area contributed by atoms with E-state index in [-0.39, 0.29) is 19.3 Å². The van der Waals surface area contributed by atoms with Gasteiger partial charge in [0.2, 0.25) is 29.5 Å². The van der Waals surface area contributed by atoms with E-state index in [0.717, 1.165) is 7.11 Å². The van der Waals surface area contributed by atoms with E-state index in [4.69, 9.17) is 14.2 Å². The van der Waals surface area contributed by atoms with Crippen molar-refractivity contribution in [1.82, 2.24) is 41.5 Å². The van der Waals surface area contributed by atoms with Crippen LogP contribution in [0.3, 0.4) is 0 Å². The van der Waals surface area contributed by atoms with Crippen molar-refractivity contribution in [3.63, 3.8) is 0 Å². The van der Waals surface area contributed by atoms with Crippen LogP contribution in [0.25, 0.3) is 0 Å². The minimum absolute atomic E-state index is 0.0586. The first-order chi connectivity index (χ1) is 36.0. The number of amides is 6. The van der Waals surface area contributed by atoms with Crippen LogP contribution in [0.15, 0.2) is 134 Å². The molecule has 0 aliphatic rings. The summed E-state index contributed by atoms with van der Waals surface area (Å²) in [6.45, 7) is 11.4. The molecule has 5 rings (SSSR count). The molecule has 0 unspecified atom stereocenters. The highest BCUT2D eigenvalue weighted by molar-refractivity contribution is 5.98. The molecule has 1 aromatic heterocycles. The average Bonchev–Trinajstić information content (AvgIpc) is 3.79. The monoisotopic (exact) mass is 1040 g/mol. The van der Waals surface area contributed by atoms with Gasteiger partial charge in [0.15, 0.2) is 0 Å². The molecule has 5 atom stereocenters. The molecule has 4 aromatic carbocycles. The summed E-state index contributed by atoms with van der Waals surface area (Å²) in [5, 5.41) is 16.4. The predicted octanol–water partition coefficient (Wildman–Crippen LogP) is 4.85. The lowest BCUT2D eigenvalue weighted by atomic mass is 9.77. The van der Waals surface area contributed by atoms with Gasteiger partial charge in [-0.05, 0) is 77.1 Å². The van der Waals surface area contributed by atoms with E-state index in [9.17, 15) is 38.4 Å². The number of aromatic nitrogens is 2. The number of hydrogen-bond donors (Lipinski definition) is 6. The van der Waals surface area contributed by atoms with Crippen molar-refractivity contribution >= 4 is 47.6 Å². The lowest BCUT2D eigenvalue weighted by Gasteiger charge is -2.37. The van der Waals surface area contributed by atoms with Gasteiger partial charge < -0.3 is 50.7 Å². The molecule has 19 heteroatoms. The van der Waals surface area contributed by atoms with E-state index in [2.05, 4.69) is 36.9 Å². The van der Waals surface area contributed by atoms with Crippen LogP contribution in [0.2, 0.25) is 0 Å². The maximum Gasteiger partial charge on any atom is 0.408 e. The topological polar surface area (TPSA) is 254 Å². The maximum atomic E-state index is 14.8. The normalized spacial score (nSPS) is 13.5. The summed E-state index contributed by atoms with van der Waals surface area (Å²) in [4.78, 5) is 116. The molecule has 0 aliphatic carbocycles. The molecule has 0 aliphatic heterocycles. The van der Waals surface area contributed by atoms with Gasteiger partial charge in [0, 0.05) is 38.2 Å². The molecular weight excluding hydrogens is 973 g/mol. The summed E-state index contributed by atoms with van der Waals surface area (Å²) in [6.07, 6.45) is 0.531. The van der Waals surface area contributed by atoms with Crippen LogP contribution in [-0.2, 0) is 73.2 Å². The number of nitrogens with one attached hydrogen (secondary N) is 6. The summed E-state index contributed by atoms with van der Waals surface area (Å²) in [7, 11) is 2.85. The molecular formula is C57H70N8O11. The number of methoxy groups -OCH3 is 1. The van der Waals surface area contributed by atoms with Crippen molar-refractivity contribution in [2.75, 3.05) is 7.11 Å². The Morgan fingerprint density at radius 3 is 1.49 bits per heavy atom. The van der Waals surface area contributed by atoms with Gasteiger partial charge >= 0.3 is 18.0 Å². The van der Waals surface area contributed by atoms with Gasteiger partial charge in [0.05, 0.1) is 19.9 Å². The van der Waals surface area contributed by atoms with Crippen LogP contribution in [0.1, 0.15) is 95.7 Å². The van der Waals surface area contributed by atoms with Crippen molar-refractivity contribution in [3.8, 4) is 0 Å². The summed E-state index contributed by atoms with van der Waals surface area (Å²) in [6, 6.07) is 29.1. The molecule has 5 aromatic rings. The summed E-state index contributed by atoms with van der Waals surface area (Å²) < 4.78 is 17.5. The van der Waals surface area contributed by atoms with Gasteiger partial charge in [-0.15, -0.1) is 0 Å². The molecule has 19 nitrogen and oxygen atoms in total. The predicted molar refractivity (Wildman–Crippen MR) is 283 cm³/mol. The molecule has 0 saturated carbocycles. The molecule has 0 spiro atoms. The second kappa shape index (κ2) is 26.7. The van der Waals surface area contributed by atoms with Gasteiger partial charge in [0.25, 0.3) is 0 Å². The smallest absolute Gasteiger partial charge is 0.408 e. The second-order valence-corrected chi connectivity index (χ2v) is 20.3. The minimum atomic E-state index is -1.70. The first-order valence-corrected chi connectivity index (χ1v) is 24.9. The fraction of sp³-hybridized carbons (Fsp3) is 0.386. The quantitative estimate of drug-likeness (QED) is 0.0292. The standard InChI is InChI=1S/C57H70N8O11/c1-37(53(72)74-9)59-50(69)46(34-47(66)64-57(39-24-16-11-17-25-39,40-26-18-12-19-27-40)41-28-20-13-21-29-41)62-49(68)43(30-31-48(67)75-55(2,3)4)60-51(70)44(32-38-22-14-10-15-23-38)61-52(71)45(33-42-35-58-36-65(42)8)63-54(73)76-56(5,6)7/h10-29,35-37,43-46H,30-34H2,1-9H3,(H,59,69)(H,60,70)(H,61,71)(H,62,68)(H,63,73)(H,64,66)/t37-,43-,44-,45-,46-/m0/s1. The van der Waals surface area contributed by atoms with E-state index in [1.54, 1.807) is 83.5 Å². The number of aryl methyl sites for hydroxylation is 1. The zero-order valence-corrected chi connectivity index (χ0v) is 44.5. The Morgan fingerprint density at radius 2 is 1.01 bits per heavy atom. The third kappa shape index (κ3) is 17.4. The third-order valence-electron chi connectivity index (χ3n) is 11.8. The Hall–Kier alpha value is -8.35. The molecule has 0 saturated heterocycles. The Kier molecular flexibility index (Phi) is 20.6. The Labute approximate surface area is 443 Å². The molecule has 0 fully saturated rings. The number of nitrogens with zero attached hydrogens (tertiary/aromatic N) is 2. The van der Waals surface area contributed by atoms with E-state index in [0.29, 0.717) is 27.9 Å². The minimum Gasteiger partial charge on any atom is -0.467 e. The number of benzene rings is 4. The molecule has 404 valence electrons. The van der Waals surface area contributed by atoms with Gasteiger partial charge in [-0.1, -0.05) is 121 Å². The number of esters is 2. The number of ether oxygens (including phenoxy) is 3. The van der Waals surface area contributed by atoms with E-state index < -0.39 is 107 Å². The second-order valence-electron chi connectivity index (χ2n) is 20.3. The van der Waals surface area contributed by atoms with Crippen LogP contribution in [-0.4, -0.2) is 106 Å². The van der Waals surface area contributed by atoms with E-state index >= 15 is 0 Å². The molecule has 0 bridgehead atoms. The third-order valence-corrected chi connectivity index (χ3v) is 11.8. The molecule has 6 N–H and O–H groups in total. The number of carbonyl (C=O) groups excluding carboxylic acids is 8. The lowest BCUT2D eigenvalue weighted by Crippen LogP contribution is -2.60. The number of imidazole rings is 1. The van der Waals surface area contributed by atoms with Gasteiger partial charge in [-0.25, -0.2) is 14.6 Å². The average molecular weight is 1040 g/mol. The Bertz CT molecular complexity index is 2660. The van der Waals surface area contributed by atoms with Crippen LogP contribution < -0.4 is 31.9 Å². The zero-order valence-electron chi connectivity index (χ0n) is 44.5. The lowest BCUT2D eigenvalue weighted by molar-refractivity contribution is -0.155. The fourth-order valence-electron chi connectivity index (χ4n) is 8.23. The first kappa shape index (κ1) is 58.5. The van der Waals surface area contributed by atoms with Crippen molar-refractivity contribution in [2.45, 2.75) is 128 Å². The van der Waals surface area contributed by atoms with E-state index in [1.807, 2.05) is 91.0 Å². The van der Waals surface area contributed by atoms with Crippen LogP contribution in [0.5, 0.6) is 0 Å². The van der Waals surface area contributed by atoms with Crippen molar-refractivity contribution in [3.05, 3.63) is 162 Å². The number of rotatable bonds is 23. The molecule has 6 amide bonds. The van der Waals surface area contributed by atoms with Crippen LogP contribution in [0.4, 0.5) is 4.79 Å². The Morgan fingerprint density at radius 1 is 0.566 bits per heavy atom. The summed E-state index contributed by atoms with van der Waals surface area (Å²) in [5.74, 6) is -5.83. The molecule has 0 radical (unpaired) electrons.